The first kappa shape index (κ1) is 14.8. The Bertz CT molecular complexity index is 311. The summed E-state index contributed by atoms with van der Waals surface area (Å²) < 4.78 is 5.54. The maximum atomic E-state index is 12.3. The number of ether oxygens (including phenoxy) is 1. The van der Waals surface area contributed by atoms with Gasteiger partial charge in [0.2, 0.25) is 5.91 Å². The molecule has 0 spiro atoms. The van der Waals surface area contributed by atoms with Crippen LogP contribution in [0.2, 0.25) is 0 Å². The molecule has 1 saturated heterocycles. The lowest BCUT2D eigenvalue weighted by molar-refractivity contribution is -0.127. The van der Waals surface area contributed by atoms with Gasteiger partial charge in [-0.1, -0.05) is 12.8 Å². The van der Waals surface area contributed by atoms with Crippen molar-refractivity contribution in [2.75, 3.05) is 13.2 Å². The van der Waals surface area contributed by atoms with Gasteiger partial charge in [-0.15, -0.1) is 0 Å². The maximum absolute atomic E-state index is 12.3. The highest BCUT2D eigenvalue weighted by Crippen LogP contribution is 2.24. The monoisotopic (exact) mass is 268 g/mol. The molecule has 2 atom stereocenters. The summed E-state index contributed by atoms with van der Waals surface area (Å²) in [5.74, 6) is 0.798. The van der Waals surface area contributed by atoms with Gasteiger partial charge in [0.25, 0.3) is 0 Å². The molecule has 110 valence electrons. The van der Waals surface area contributed by atoms with E-state index >= 15 is 0 Å². The van der Waals surface area contributed by atoms with Gasteiger partial charge in [0.1, 0.15) is 0 Å². The van der Waals surface area contributed by atoms with Crippen molar-refractivity contribution in [1.82, 2.24) is 10.6 Å². The third-order valence-electron chi connectivity index (χ3n) is 4.52. The molecule has 1 amide bonds. The standard InChI is InChI=1S/C15H28N2O2/c1-11-13(8-9-19-11)17-15(2,3)14(18)16-10-12-6-4-5-7-12/h11-13,17H,4-10H2,1-3H3,(H,16,18)/t11-,13-/m0/s1. The Morgan fingerprint density at radius 2 is 1.95 bits per heavy atom. The van der Waals surface area contributed by atoms with Crippen molar-refractivity contribution in [3.05, 3.63) is 0 Å². The molecule has 1 heterocycles. The van der Waals surface area contributed by atoms with Crippen LogP contribution in [0.3, 0.4) is 0 Å². The van der Waals surface area contributed by atoms with Crippen molar-refractivity contribution in [3.63, 3.8) is 0 Å². The molecule has 0 aromatic rings. The van der Waals surface area contributed by atoms with Gasteiger partial charge in [-0.2, -0.15) is 0 Å². The molecule has 0 unspecified atom stereocenters. The average molecular weight is 268 g/mol. The van der Waals surface area contributed by atoms with Crippen LogP contribution < -0.4 is 10.6 Å². The summed E-state index contributed by atoms with van der Waals surface area (Å²) in [6.45, 7) is 7.61. The van der Waals surface area contributed by atoms with Crippen LogP contribution in [0.25, 0.3) is 0 Å². The van der Waals surface area contributed by atoms with Gasteiger partial charge >= 0.3 is 0 Å². The molecule has 1 saturated carbocycles. The molecule has 4 nitrogen and oxygen atoms in total. The molecule has 19 heavy (non-hydrogen) atoms. The molecular formula is C15H28N2O2. The fourth-order valence-corrected chi connectivity index (χ4v) is 3.12. The van der Waals surface area contributed by atoms with Crippen LogP contribution in [0.1, 0.15) is 52.9 Å². The van der Waals surface area contributed by atoms with Crippen LogP contribution >= 0.6 is 0 Å². The summed E-state index contributed by atoms with van der Waals surface area (Å²) in [5, 5.41) is 6.55. The summed E-state index contributed by atoms with van der Waals surface area (Å²) in [4.78, 5) is 12.3. The Morgan fingerprint density at radius 3 is 2.53 bits per heavy atom. The third kappa shape index (κ3) is 3.93. The maximum Gasteiger partial charge on any atom is 0.239 e. The molecule has 0 bridgehead atoms. The molecule has 2 aliphatic rings. The Kier molecular flexibility index (Phi) is 4.85. The molecule has 2 rings (SSSR count). The van der Waals surface area contributed by atoms with Crippen molar-refractivity contribution in [3.8, 4) is 0 Å². The highest BCUT2D eigenvalue weighted by Gasteiger charge is 2.34. The van der Waals surface area contributed by atoms with Gasteiger partial charge in [0, 0.05) is 19.2 Å². The fourth-order valence-electron chi connectivity index (χ4n) is 3.12. The van der Waals surface area contributed by atoms with Gasteiger partial charge < -0.3 is 10.1 Å². The van der Waals surface area contributed by atoms with Gasteiger partial charge in [0.05, 0.1) is 11.6 Å². The topological polar surface area (TPSA) is 50.4 Å². The SMILES string of the molecule is C[C@@H]1OCC[C@@H]1NC(C)(C)C(=O)NCC1CCCC1. The minimum absolute atomic E-state index is 0.110. The minimum atomic E-state index is -0.523. The van der Waals surface area contributed by atoms with Gasteiger partial charge in [-0.3, -0.25) is 10.1 Å². The van der Waals surface area contributed by atoms with Gasteiger partial charge in [0.15, 0.2) is 0 Å². The van der Waals surface area contributed by atoms with E-state index in [4.69, 9.17) is 4.74 Å². The van der Waals surface area contributed by atoms with Crippen LogP contribution in [0, 0.1) is 5.92 Å². The van der Waals surface area contributed by atoms with E-state index < -0.39 is 5.54 Å². The zero-order valence-corrected chi connectivity index (χ0v) is 12.5. The first-order chi connectivity index (χ1) is 8.99. The normalized spacial score (nSPS) is 28.8. The van der Waals surface area contributed by atoms with Crippen LogP contribution in [-0.2, 0) is 9.53 Å². The van der Waals surface area contributed by atoms with Crippen LogP contribution in [0.4, 0.5) is 0 Å². The van der Waals surface area contributed by atoms with Crippen molar-refractivity contribution >= 4 is 5.91 Å². The number of amides is 1. The van der Waals surface area contributed by atoms with E-state index in [9.17, 15) is 4.79 Å². The smallest absolute Gasteiger partial charge is 0.239 e. The lowest BCUT2D eigenvalue weighted by atomic mass is 9.99. The number of rotatable bonds is 5. The fraction of sp³-hybridized carbons (Fsp3) is 0.933. The number of nitrogens with one attached hydrogen (secondary N) is 2. The number of carbonyl (C=O) groups is 1. The minimum Gasteiger partial charge on any atom is -0.377 e. The first-order valence-corrected chi connectivity index (χ1v) is 7.66. The molecule has 0 aromatic heterocycles. The highest BCUT2D eigenvalue weighted by atomic mass is 16.5. The van der Waals surface area contributed by atoms with Crippen molar-refractivity contribution in [2.45, 2.75) is 70.6 Å². The summed E-state index contributed by atoms with van der Waals surface area (Å²) in [7, 11) is 0. The van der Waals surface area contributed by atoms with E-state index in [1.54, 1.807) is 0 Å². The van der Waals surface area contributed by atoms with E-state index in [1.807, 2.05) is 13.8 Å². The molecule has 1 aliphatic carbocycles. The first-order valence-electron chi connectivity index (χ1n) is 7.66. The zero-order chi connectivity index (χ0) is 13.9. The molecule has 4 heteroatoms. The van der Waals surface area contributed by atoms with E-state index in [0.29, 0.717) is 5.92 Å². The summed E-state index contributed by atoms with van der Waals surface area (Å²) >= 11 is 0. The zero-order valence-electron chi connectivity index (χ0n) is 12.5. The average Bonchev–Trinajstić information content (AvgIpc) is 2.98. The summed E-state index contributed by atoms with van der Waals surface area (Å²) in [5.41, 5.74) is -0.523. The van der Waals surface area contributed by atoms with Crippen LogP contribution in [0.5, 0.6) is 0 Å². The Labute approximate surface area is 116 Å². The second-order valence-electron chi connectivity index (χ2n) is 6.60. The van der Waals surface area contributed by atoms with Crippen LogP contribution in [0.15, 0.2) is 0 Å². The van der Waals surface area contributed by atoms with E-state index in [0.717, 1.165) is 19.6 Å². The highest BCUT2D eigenvalue weighted by molar-refractivity contribution is 5.85. The molecule has 0 aromatic carbocycles. The second-order valence-corrected chi connectivity index (χ2v) is 6.60. The number of hydrogen-bond donors (Lipinski definition) is 2. The van der Waals surface area contributed by atoms with Crippen molar-refractivity contribution < 1.29 is 9.53 Å². The Morgan fingerprint density at radius 1 is 1.26 bits per heavy atom. The van der Waals surface area contributed by atoms with E-state index in [-0.39, 0.29) is 18.1 Å². The third-order valence-corrected chi connectivity index (χ3v) is 4.52. The Balaban J connectivity index is 1.78. The van der Waals surface area contributed by atoms with Crippen molar-refractivity contribution in [2.24, 2.45) is 5.92 Å². The molecule has 2 fully saturated rings. The lowest BCUT2D eigenvalue weighted by Gasteiger charge is -2.30. The largest absolute Gasteiger partial charge is 0.377 e. The summed E-state index contributed by atoms with van der Waals surface area (Å²) in [6, 6.07) is 0.284. The lowest BCUT2D eigenvalue weighted by Crippen LogP contribution is -2.57. The Hall–Kier alpha value is -0.610. The molecule has 2 N–H and O–H groups in total. The van der Waals surface area contributed by atoms with Gasteiger partial charge in [-0.25, -0.2) is 0 Å². The predicted octanol–water partition coefficient (Wildman–Crippen LogP) is 1.84. The molecular weight excluding hydrogens is 240 g/mol. The molecule has 1 aliphatic heterocycles. The van der Waals surface area contributed by atoms with E-state index in [1.165, 1.54) is 25.7 Å². The van der Waals surface area contributed by atoms with Crippen LogP contribution in [-0.4, -0.2) is 36.7 Å². The summed E-state index contributed by atoms with van der Waals surface area (Å²) in [6.07, 6.45) is 6.35. The van der Waals surface area contributed by atoms with E-state index in [2.05, 4.69) is 17.6 Å². The number of carbonyl (C=O) groups excluding carboxylic acids is 1. The molecule has 0 radical (unpaired) electrons. The number of hydrogen-bond acceptors (Lipinski definition) is 3. The predicted molar refractivity (Wildman–Crippen MR) is 76.0 cm³/mol. The van der Waals surface area contributed by atoms with Crippen molar-refractivity contribution in [1.29, 1.82) is 0 Å². The van der Waals surface area contributed by atoms with Gasteiger partial charge in [-0.05, 0) is 46.0 Å². The second kappa shape index (κ2) is 6.23. The quantitative estimate of drug-likeness (QED) is 0.800.